The fourth-order valence-corrected chi connectivity index (χ4v) is 3.49. The minimum absolute atomic E-state index is 0.0794. The Bertz CT molecular complexity index is 534. The van der Waals surface area contributed by atoms with Crippen molar-refractivity contribution in [3.8, 4) is 0 Å². The second kappa shape index (κ2) is 6.02. The maximum Gasteiger partial charge on any atom is 0.225 e. The first-order valence-electron chi connectivity index (χ1n) is 7.74. The molecule has 0 saturated carbocycles. The van der Waals surface area contributed by atoms with Crippen LogP contribution in [-0.4, -0.2) is 31.6 Å². The first-order valence-corrected chi connectivity index (χ1v) is 7.74. The molecule has 2 N–H and O–H groups in total. The van der Waals surface area contributed by atoms with Crippen LogP contribution in [0.3, 0.4) is 0 Å². The molecule has 2 aliphatic heterocycles. The van der Waals surface area contributed by atoms with E-state index in [1.807, 2.05) is 13.0 Å². The van der Waals surface area contributed by atoms with E-state index in [-0.39, 0.29) is 23.7 Å². The molecule has 2 heterocycles. The van der Waals surface area contributed by atoms with Crippen LogP contribution in [0, 0.1) is 11.7 Å². The molecule has 3 rings (SSSR count). The summed E-state index contributed by atoms with van der Waals surface area (Å²) in [4.78, 5) is 14.2. The highest BCUT2D eigenvalue weighted by molar-refractivity contribution is 5.83. The third-order valence-corrected chi connectivity index (χ3v) is 4.52. The van der Waals surface area contributed by atoms with Gasteiger partial charge in [0.05, 0.1) is 12.0 Å². The lowest BCUT2D eigenvalue weighted by atomic mass is 9.90. The molecule has 2 unspecified atom stereocenters. The molecule has 0 aliphatic carbocycles. The van der Waals surface area contributed by atoms with Gasteiger partial charge in [-0.25, -0.2) is 4.39 Å². The number of benzene rings is 1. The van der Waals surface area contributed by atoms with E-state index in [2.05, 4.69) is 15.5 Å². The van der Waals surface area contributed by atoms with E-state index in [4.69, 9.17) is 0 Å². The van der Waals surface area contributed by atoms with Crippen molar-refractivity contribution in [3.63, 3.8) is 0 Å². The van der Waals surface area contributed by atoms with Crippen molar-refractivity contribution in [2.45, 2.75) is 32.4 Å². The Morgan fingerprint density at radius 3 is 3.14 bits per heavy atom. The lowest BCUT2D eigenvalue weighted by Gasteiger charge is -2.38. The molecule has 2 aliphatic rings. The molecule has 1 amide bonds. The predicted octanol–water partition coefficient (Wildman–Crippen LogP) is 1.65. The Morgan fingerprint density at radius 2 is 2.33 bits per heavy atom. The highest BCUT2D eigenvalue weighted by Gasteiger charge is 2.41. The fraction of sp³-hybridized carbons (Fsp3) is 0.562. The van der Waals surface area contributed by atoms with Gasteiger partial charge in [0.2, 0.25) is 5.91 Å². The minimum Gasteiger partial charge on any atom is -0.366 e. The van der Waals surface area contributed by atoms with E-state index >= 15 is 0 Å². The molecule has 0 spiro atoms. The SMILES string of the molecule is CCNCc1cc(F)ccc1N1CCCC2C(=O)NCC21. The highest BCUT2D eigenvalue weighted by Crippen LogP contribution is 2.33. The molecular formula is C16H22FN3O. The van der Waals surface area contributed by atoms with Crippen LogP contribution in [0.4, 0.5) is 10.1 Å². The van der Waals surface area contributed by atoms with Crippen LogP contribution in [0.1, 0.15) is 25.3 Å². The smallest absolute Gasteiger partial charge is 0.225 e. The summed E-state index contributed by atoms with van der Waals surface area (Å²) in [7, 11) is 0. The lowest BCUT2D eigenvalue weighted by Crippen LogP contribution is -2.46. The number of hydrogen-bond acceptors (Lipinski definition) is 3. The summed E-state index contributed by atoms with van der Waals surface area (Å²) in [6, 6.07) is 5.18. The number of amides is 1. The molecule has 0 radical (unpaired) electrons. The standard InChI is InChI=1S/C16H22FN3O/c1-2-18-9-11-8-12(17)5-6-14(11)20-7-3-4-13-15(20)10-19-16(13)21/h5-6,8,13,15,18H,2-4,7,9-10H2,1H3,(H,19,21). The van der Waals surface area contributed by atoms with Gasteiger partial charge in [-0.15, -0.1) is 0 Å². The van der Waals surface area contributed by atoms with Crippen molar-refractivity contribution in [1.82, 2.24) is 10.6 Å². The third kappa shape index (κ3) is 2.75. The maximum absolute atomic E-state index is 13.6. The first-order chi connectivity index (χ1) is 10.2. The number of carbonyl (C=O) groups is 1. The number of hydrogen-bond donors (Lipinski definition) is 2. The van der Waals surface area contributed by atoms with E-state index < -0.39 is 0 Å². The van der Waals surface area contributed by atoms with Crippen molar-refractivity contribution in [2.24, 2.45) is 5.92 Å². The van der Waals surface area contributed by atoms with Crippen LogP contribution in [0.2, 0.25) is 0 Å². The zero-order valence-corrected chi connectivity index (χ0v) is 12.4. The van der Waals surface area contributed by atoms with Gasteiger partial charge >= 0.3 is 0 Å². The maximum atomic E-state index is 13.6. The molecule has 1 aromatic rings. The second-order valence-electron chi connectivity index (χ2n) is 5.81. The number of carbonyl (C=O) groups excluding carboxylic acids is 1. The molecule has 1 aromatic carbocycles. The zero-order valence-electron chi connectivity index (χ0n) is 12.4. The highest BCUT2D eigenvalue weighted by atomic mass is 19.1. The van der Waals surface area contributed by atoms with Crippen molar-refractivity contribution in [3.05, 3.63) is 29.6 Å². The van der Waals surface area contributed by atoms with E-state index in [9.17, 15) is 9.18 Å². The number of anilines is 1. The number of fused-ring (bicyclic) bond motifs is 1. The summed E-state index contributed by atoms with van der Waals surface area (Å²) >= 11 is 0. The Hall–Kier alpha value is -1.62. The van der Waals surface area contributed by atoms with Crippen molar-refractivity contribution in [2.75, 3.05) is 24.5 Å². The van der Waals surface area contributed by atoms with Crippen LogP contribution >= 0.6 is 0 Å². The Labute approximate surface area is 124 Å². The van der Waals surface area contributed by atoms with Gasteiger partial charge in [0.25, 0.3) is 0 Å². The number of nitrogens with one attached hydrogen (secondary N) is 2. The Kier molecular flexibility index (Phi) is 4.10. The van der Waals surface area contributed by atoms with E-state index in [0.29, 0.717) is 13.1 Å². The average molecular weight is 291 g/mol. The number of rotatable bonds is 4. The summed E-state index contributed by atoms with van der Waals surface area (Å²) < 4.78 is 13.6. The number of piperidine rings is 1. The van der Waals surface area contributed by atoms with Gasteiger partial charge in [-0.3, -0.25) is 4.79 Å². The fourth-order valence-electron chi connectivity index (χ4n) is 3.49. The minimum atomic E-state index is -0.208. The summed E-state index contributed by atoms with van der Waals surface area (Å²) in [5, 5.41) is 6.23. The van der Waals surface area contributed by atoms with Crippen molar-refractivity contribution >= 4 is 11.6 Å². The van der Waals surface area contributed by atoms with Crippen molar-refractivity contribution < 1.29 is 9.18 Å². The first kappa shape index (κ1) is 14.3. The summed E-state index contributed by atoms with van der Waals surface area (Å²) in [5.41, 5.74) is 2.03. The van der Waals surface area contributed by atoms with Crippen LogP contribution in [0.25, 0.3) is 0 Å². The molecule has 21 heavy (non-hydrogen) atoms. The van der Waals surface area contributed by atoms with Crippen LogP contribution in [0.15, 0.2) is 18.2 Å². The number of halogens is 1. The van der Waals surface area contributed by atoms with Gasteiger partial charge in [0, 0.05) is 25.3 Å². The average Bonchev–Trinajstić information content (AvgIpc) is 2.87. The van der Waals surface area contributed by atoms with Gasteiger partial charge in [-0.1, -0.05) is 6.92 Å². The Morgan fingerprint density at radius 1 is 1.48 bits per heavy atom. The lowest BCUT2D eigenvalue weighted by molar-refractivity contribution is -0.122. The largest absolute Gasteiger partial charge is 0.366 e. The third-order valence-electron chi connectivity index (χ3n) is 4.52. The van der Waals surface area contributed by atoms with E-state index in [1.165, 1.54) is 6.07 Å². The number of nitrogens with zero attached hydrogens (tertiary/aromatic N) is 1. The molecule has 0 bridgehead atoms. The van der Waals surface area contributed by atoms with E-state index in [0.717, 1.165) is 37.2 Å². The monoisotopic (exact) mass is 291 g/mol. The quantitative estimate of drug-likeness (QED) is 0.886. The van der Waals surface area contributed by atoms with E-state index in [1.54, 1.807) is 6.07 Å². The molecule has 114 valence electrons. The summed E-state index contributed by atoms with van der Waals surface area (Å²) in [5.74, 6) is 0.0386. The van der Waals surface area contributed by atoms with Crippen molar-refractivity contribution in [1.29, 1.82) is 0 Å². The second-order valence-corrected chi connectivity index (χ2v) is 5.81. The zero-order chi connectivity index (χ0) is 14.8. The molecule has 0 aromatic heterocycles. The molecule has 2 fully saturated rings. The predicted molar refractivity (Wildman–Crippen MR) is 80.6 cm³/mol. The molecular weight excluding hydrogens is 269 g/mol. The Balaban J connectivity index is 1.90. The molecule has 5 heteroatoms. The summed E-state index contributed by atoms with van der Waals surface area (Å²) in [6.45, 7) is 5.17. The topological polar surface area (TPSA) is 44.4 Å². The summed E-state index contributed by atoms with van der Waals surface area (Å²) in [6.07, 6.45) is 1.96. The van der Waals surface area contributed by atoms with Crippen LogP contribution in [-0.2, 0) is 11.3 Å². The molecule has 4 nitrogen and oxygen atoms in total. The van der Waals surface area contributed by atoms with Gasteiger partial charge in [-0.05, 0) is 43.1 Å². The van der Waals surface area contributed by atoms with Gasteiger partial charge in [0.1, 0.15) is 5.82 Å². The molecule has 2 atom stereocenters. The normalized spacial score (nSPS) is 24.9. The van der Waals surface area contributed by atoms with Gasteiger partial charge < -0.3 is 15.5 Å². The van der Waals surface area contributed by atoms with Crippen LogP contribution in [0.5, 0.6) is 0 Å². The molecule has 2 saturated heterocycles. The van der Waals surface area contributed by atoms with Crippen LogP contribution < -0.4 is 15.5 Å². The van der Waals surface area contributed by atoms with Gasteiger partial charge in [0.15, 0.2) is 0 Å². The van der Waals surface area contributed by atoms with Gasteiger partial charge in [-0.2, -0.15) is 0 Å².